The summed E-state index contributed by atoms with van der Waals surface area (Å²) in [4.78, 5) is 48.5. The third kappa shape index (κ3) is 51.8. The van der Waals surface area contributed by atoms with Gasteiger partial charge in [-0.1, -0.05) is 216 Å². The lowest BCUT2D eigenvalue weighted by atomic mass is 10.0. The molecule has 3 unspecified atom stereocenters. The summed E-state index contributed by atoms with van der Waals surface area (Å²) in [5.74, 6) is -1.50. The molecule has 0 aliphatic rings. The SMILES string of the molecule is CC/C=C\C/C=C\C/C=C\C/C=C\CCCCCCC(=O)OC(COC(=O)CCCCCCC/C=C\C/C=C\CCCCC)COP(=O)(O)OCC(CO)OC(=O)CCCCCCCCCCCCCCC. The molecule has 0 spiro atoms. The number of ether oxygens (including phenoxy) is 3. The molecule has 0 radical (unpaired) electrons. The highest BCUT2D eigenvalue weighted by molar-refractivity contribution is 7.47. The highest BCUT2D eigenvalue weighted by atomic mass is 31.2. The molecule has 2 N–H and O–H groups in total. The average Bonchev–Trinajstić information content (AvgIpc) is 3.37. The number of hydrogen-bond donors (Lipinski definition) is 2. The standard InChI is InChI=1S/C60H105O11P/c1-4-7-10-13-16-19-22-25-27-28-30-33-36-39-42-45-48-51-60(64)71-57(53-67-58(62)49-46-43-40-37-34-32-29-26-23-20-17-14-11-8-5-2)55-69-72(65,66)68-54-56(52-61)70-59(63)50-47-44-41-38-35-31-24-21-18-15-12-9-6-3/h7,10,16-17,19-20,25-27,29-30,33,56-57,61H,4-6,8-9,11-15,18,21-24,28,31-32,34-55H2,1-3H3,(H,65,66)/b10-7-,19-16-,20-17-,27-25-,29-26-,33-30-. The normalized spacial score (nSPS) is 13.9. The Labute approximate surface area is 439 Å². The van der Waals surface area contributed by atoms with E-state index in [9.17, 15) is 28.9 Å². The van der Waals surface area contributed by atoms with Gasteiger partial charge in [0.2, 0.25) is 0 Å². The summed E-state index contributed by atoms with van der Waals surface area (Å²) in [6.07, 6.45) is 60.0. The Hall–Kier alpha value is -3.08. The average molecular weight is 1030 g/mol. The molecule has 0 bridgehead atoms. The Bertz CT molecular complexity index is 1490. The molecule has 0 amide bonds. The lowest BCUT2D eigenvalue weighted by molar-refractivity contribution is -0.161. The monoisotopic (exact) mass is 1030 g/mol. The topological polar surface area (TPSA) is 155 Å². The molecule has 11 nitrogen and oxygen atoms in total. The summed E-state index contributed by atoms with van der Waals surface area (Å²) in [6, 6.07) is 0. The zero-order chi connectivity index (χ0) is 52.7. The summed E-state index contributed by atoms with van der Waals surface area (Å²) in [6.45, 7) is 4.47. The lowest BCUT2D eigenvalue weighted by Crippen LogP contribution is -2.30. The summed E-state index contributed by atoms with van der Waals surface area (Å²) >= 11 is 0. The van der Waals surface area contributed by atoms with E-state index in [1.165, 1.54) is 77.0 Å². The Kier molecular flexibility index (Phi) is 51.9. The fourth-order valence-corrected chi connectivity index (χ4v) is 8.51. The predicted octanol–water partition coefficient (Wildman–Crippen LogP) is 16.9. The van der Waals surface area contributed by atoms with Gasteiger partial charge in [-0.25, -0.2) is 4.57 Å². The largest absolute Gasteiger partial charge is 0.472 e. The van der Waals surface area contributed by atoms with Crippen LogP contribution >= 0.6 is 7.82 Å². The zero-order valence-electron chi connectivity index (χ0n) is 45.9. The first-order valence-corrected chi connectivity index (χ1v) is 30.3. The molecular formula is C60H105O11P. The highest BCUT2D eigenvalue weighted by Crippen LogP contribution is 2.43. The Morgan fingerprint density at radius 2 is 0.722 bits per heavy atom. The van der Waals surface area contributed by atoms with Crippen LogP contribution in [0.2, 0.25) is 0 Å². The molecule has 416 valence electrons. The number of aliphatic hydroxyl groups excluding tert-OH is 1. The van der Waals surface area contributed by atoms with Gasteiger partial charge in [0.05, 0.1) is 19.8 Å². The second-order valence-electron chi connectivity index (χ2n) is 19.1. The van der Waals surface area contributed by atoms with Crippen molar-refractivity contribution >= 4 is 25.7 Å². The van der Waals surface area contributed by atoms with Crippen molar-refractivity contribution < 1.29 is 52.2 Å². The van der Waals surface area contributed by atoms with E-state index >= 15 is 0 Å². The molecule has 0 rings (SSSR count). The predicted molar refractivity (Wildman–Crippen MR) is 298 cm³/mol. The van der Waals surface area contributed by atoms with Crippen LogP contribution in [0.1, 0.15) is 252 Å². The summed E-state index contributed by atoms with van der Waals surface area (Å²) in [7, 11) is -4.76. The first-order valence-electron chi connectivity index (χ1n) is 28.8. The van der Waals surface area contributed by atoms with Crippen molar-refractivity contribution in [3.8, 4) is 0 Å². The Morgan fingerprint density at radius 1 is 0.403 bits per heavy atom. The van der Waals surface area contributed by atoms with Gasteiger partial charge in [0, 0.05) is 19.3 Å². The van der Waals surface area contributed by atoms with Crippen LogP contribution in [0.5, 0.6) is 0 Å². The van der Waals surface area contributed by atoms with E-state index in [1.807, 2.05) is 0 Å². The number of hydrogen-bond acceptors (Lipinski definition) is 10. The van der Waals surface area contributed by atoms with Gasteiger partial charge < -0.3 is 24.2 Å². The van der Waals surface area contributed by atoms with Crippen LogP contribution in [0.25, 0.3) is 0 Å². The molecule has 0 aliphatic heterocycles. The minimum atomic E-state index is -4.76. The number of esters is 3. The molecule has 72 heavy (non-hydrogen) atoms. The van der Waals surface area contributed by atoms with Gasteiger partial charge in [0.15, 0.2) is 6.10 Å². The molecule has 0 fully saturated rings. The Balaban J connectivity index is 4.79. The number of allylic oxidation sites excluding steroid dienone is 12. The van der Waals surface area contributed by atoms with E-state index in [2.05, 4.69) is 93.7 Å². The smallest absolute Gasteiger partial charge is 0.462 e. The van der Waals surface area contributed by atoms with E-state index in [1.54, 1.807) is 0 Å². The van der Waals surface area contributed by atoms with Crippen LogP contribution in [0.3, 0.4) is 0 Å². The van der Waals surface area contributed by atoms with Crippen LogP contribution in [-0.2, 0) is 42.2 Å². The van der Waals surface area contributed by atoms with E-state index in [4.69, 9.17) is 23.3 Å². The molecule has 3 atom stereocenters. The molecule has 0 aromatic rings. The van der Waals surface area contributed by atoms with Gasteiger partial charge in [-0.3, -0.25) is 23.4 Å². The summed E-state index contributed by atoms with van der Waals surface area (Å²) in [5, 5.41) is 9.81. The number of carbonyl (C=O) groups is 3. The van der Waals surface area contributed by atoms with Gasteiger partial charge in [0.1, 0.15) is 12.7 Å². The van der Waals surface area contributed by atoms with Crippen molar-refractivity contribution in [1.82, 2.24) is 0 Å². The number of phosphoric acid groups is 1. The van der Waals surface area contributed by atoms with Crippen molar-refractivity contribution in [2.24, 2.45) is 0 Å². The maximum atomic E-state index is 12.9. The number of rotatable bonds is 53. The third-order valence-electron chi connectivity index (χ3n) is 12.1. The molecule has 0 aromatic heterocycles. The fraction of sp³-hybridized carbons (Fsp3) is 0.750. The number of phosphoric ester groups is 1. The minimum Gasteiger partial charge on any atom is -0.462 e. The first-order chi connectivity index (χ1) is 35.2. The quantitative estimate of drug-likeness (QED) is 0.0197. The maximum absolute atomic E-state index is 12.9. The van der Waals surface area contributed by atoms with Crippen molar-refractivity contribution in [2.75, 3.05) is 26.4 Å². The van der Waals surface area contributed by atoms with E-state index in [0.29, 0.717) is 19.3 Å². The molecule has 0 aromatic carbocycles. The van der Waals surface area contributed by atoms with Crippen LogP contribution < -0.4 is 0 Å². The fourth-order valence-electron chi connectivity index (χ4n) is 7.73. The first kappa shape index (κ1) is 68.9. The molecule has 0 saturated carbocycles. The van der Waals surface area contributed by atoms with Gasteiger partial charge in [-0.15, -0.1) is 0 Å². The molecule has 0 saturated heterocycles. The van der Waals surface area contributed by atoms with Crippen LogP contribution in [-0.4, -0.2) is 66.5 Å². The minimum absolute atomic E-state index is 0.135. The highest BCUT2D eigenvalue weighted by Gasteiger charge is 2.28. The van der Waals surface area contributed by atoms with Crippen LogP contribution in [0, 0.1) is 0 Å². The van der Waals surface area contributed by atoms with Gasteiger partial charge in [-0.05, 0) is 89.9 Å². The van der Waals surface area contributed by atoms with E-state index < -0.39 is 57.8 Å². The molecule has 0 heterocycles. The van der Waals surface area contributed by atoms with Crippen LogP contribution in [0.15, 0.2) is 72.9 Å². The maximum Gasteiger partial charge on any atom is 0.472 e. The lowest BCUT2D eigenvalue weighted by Gasteiger charge is -2.21. The van der Waals surface area contributed by atoms with Gasteiger partial charge in [0.25, 0.3) is 0 Å². The van der Waals surface area contributed by atoms with Gasteiger partial charge in [-0.2, -0.15) is 0 Å². The third-order valence-corrected chi connectivity index (χ3v) is 13.1. The van der Waals surface area contributed by atoms with E-state index in [-0.39, 0.29) is 25.9 Å². The van der Waals surface area contributed by atoms with Crippen molar-refractivity contribution in [1.29, 1.82) is 0 Å². The number of aliphatic hydroxyl groups is 1. The molecule has 0 aliphatic carbocycles. The van der Waals surface area contributed by atoms with Crippen molar-refractivity contribution in [3.63, 3.8) is 0 Å². The summed E-state index contributed by atoms with van der Waals surface area (Å²) in [5.41, 5.74) is 0. The zero-order valence-corrected chi connectivity index (χ0v) is 46.8. The van der Waals surface area contributed by atoms with Crippen LogP contribution in [0.4, 0.5) is 0 Å². The summed E-state index contributed by atoms with van der Waals surface area (Å²) < 4.78 is 39.5. The van der Waals surface area contributed by atoms with Crippen molar-refractivity contribution in [2.45, 2.75) is 264 Å². The molecular weight excluding hydrogens is 928 g/mol. The van der Waals surface area contributed by atoms with Gasteiger partial charge >= 0.3 is 25.7 Å². The number of carbonyl (C=O) groups excluding carboxylic acids is 3. The van der Waals surface area contributed by atoms with E-state index in [0.717, 1.165) is 116 Å². The second-order valence-corrected chi connectivity index (χ2v) is 20.5. The Morgan fingerprint density at radius 3 is 1.14 bits per heavy atom. The second kappa shape index (κ2) is 54.2. The number of unbranched alkanes of at least 4 members (excludes halogenated alkanes) is 24. The van der Waals surface area contributed by atoms with Crippen molar-refractivity contribution in [3.05, 3.63) is 72.9 Å². The molecule has 12 heteroatoms.